The van der Waals surface area contributed by atoms with E-state index in [2.05, 4.69) is 29.6 Å². The molecule has 1 aliphatic carbocycles. The molecular weight excluding hydrogens is 288 g/mol. The van der Waals surface area contributed by atoms with E-state index in [0.717, 1.165) is 45.3 Å². The number of hydrogen-bond acceptors (Lipinski definition) is 2. The van der Waals surface area contributed by atoms with Gasteiger partial charge in [-0.25, -0.2) is 4.79 Å². The second-order valence-corrected chi connectivity index (χ2v) is 7.04. The molecule has 2 amide bonds. The lowest BCUT2D eigenvalue weighted by Gasteiger charge is -2.34. The Labute approximate surface area is 138 Å². The number of carbonyl (C=O) groups excluding carboxylic acids is 1. The molecule has 2 atom stereocenters. The molecule has 0 bridgehead atoms. The van der Waals surface area contributed by atoms with Crippen molar-refractivity contribution in [1.29, 1.82) is 0 Å². The van der Waals surface area contributed by atoms with Gasteiger partial charge in [0, 0.05) is 25.6 Å². The highest BCUT2D eigenvalue weighted by Gasteiger charge is 2.26. The van der Waals surface area contributed by atoms with Crippen molar-refractivity contribution in [3.05, 3.63) is 35.4 Å². The van der Waals surface area contributed by atoms with Crippen LogP contribution in [0.4, 0.5) is 4.79 Å². The number of fused-ring (bicyclic) bond motifs is 1. The first-order valence-electron chi connectivity index (χ1n) is 8.94. The lowest BCUT2D eigenvalue weighted by molar-refractivity contribution is 0.0797. The van der Waals surface area contributed by atoms with E-state index in [1.165, 1.54) is 17.5 Å². The number of nitrogens with zero attached hydrogens (tertiary/aromatic N) is 1. The first-order chi connectivity index (χ1) is 11.1. The molecule has 1 heterocycles. The molecule has 4 heteroatoms. The summed E-state index contributed by atoms with van der Waals surface area (Å²) in [6.07, 6.45) is 5.06. The molecule has 0 radical (unpaired) electrons. The zero-order valence-corrected chi connectivity index (χ0v) is 14.0. The van der Waals surface area contributed by atoms with Crippen LogP contribution in [0.2, 0.25) is 0 Å². The third kappa shape index (κ3) is 3.86. The van der Waals surface area contributed by atoms with Gasteiger partial charge >= 0.3 is 6.03 Å². The quantitative estimate of drug-likeness (QED) is 0.901. The maximum Gasteiger partial charge on any atom is 0.317 e. The third-order valence-corrected chi connectivity index (χ3v) is 5.50. The summed E-state index contributed by atoms with van der Waals surface area (Å²) in [5.74, 6) is 0.781. The van der Waals surface area contributed by atoms with E-state index in [1.54, 1.807) is 0 Å². The number of hydrogen-bond donors (Lipinski definition) is 2. The number of nitrogens with one attached hydrogen (secondary N) is 1. The Hall–Kier alpha value is -1.55. The third-order valence-electron chi connectivity index (χ3n) is 5.50. The van der Waals surface area contributed by atoms with Crippen molar-refractivity contribution in [3.8, 4) is 0 Å². The average molecular weight is 316 g/mol. The molecule has 1 aliphatic heterocycles. The van der Waals surface area contributed by atoms with Crippen LogP contribution in [-0.4, -0.2) is 41.8 Å². The van der Waals surface area contributed by atoms with Gasteiger partial charge in [0.2, 0.25) is 0 Å². The molecule has 0 spiro atoms. The number of piperidine rings is 1. The Morgan fingerprint density at radius 3 is 2.78 bits per heavy atom. The van der Waals surface area contributed by atoms with E-state index in [4.69, 9.17) is 0 Å². The average Bonchev–Trinajstić information content (AvgIpc) is 2.59. The van der Waals surface area contributed by atoms with Crippen LogP contribution < -0.4 is 5.32 Å². The minimum absolute atomic E-state index is 0.0529. The van der Waals surface area contributed by atoms with Crippen LogP contribution in [0.1, 0.15) is 49.7 Å². The molecule has 126 valence electrons. The number of amides is 2. The molecule has 0 aromatic heterocycles. The number of rotatable bonds is 3. The highest BCUT2D eigenvalue weighted by molar-refractivity contribution is 5.74. The van der Waals surface area contributed by atoms with Crippen molar-refractivity contribution < 1.29 is 9.90 Å². The molecule has 4 nitrogen and oxygen atoms in total. The number of aliphatic hydroxyl groups excluding tert-OH is 1. The highest BCUT2D eigenvalue weighted by atomic mass is 16.3. The maximum atomic E-state index is 12.4. The number of likely N-dealkylation sites (tertiary alicyclic amines) is 1. The molecule has 23 heavy (non-hydrogen) atoms. The predicted molar refractivity (Wildman–Crippen MR) is 91.5 cm³/mol. The van der Waals surface area contributed by atoms with Crippen LogP contribution in [0, 0.1) is 5.92 Å². The Bertz CT molecular complexity index is 536. The fraction of sp³-hybridized carbons (Fsp3) is 0.632. The van der Waals surface area contributed by atoms with Crippen molar-refractivity contribution in [2.75, 3.05) is 19.6 Å². The molecule has 0 saturated carbocycles. The fourth-order valence-corrected chi connectivity index (χ4v) is 3.97. The normalized spacial score (nSPS) is 23.2. The van der Waals surface area contributed by atoms with Crippen molar-refractivity contribution >= 4 is 6.03 Å². The van der Waals surface area contributed by atoms with Crippen LogP contribution >= 0.6 is 0 Å². The number of aliphatic hydroxyl groups is 1. The Balaban J connectivity index is 1.51. The minimum Gasteiger partial charge on any atom is -0.393 e. The standard InChI is InChI=1S/C19H28N2O2/c1-14(22)15-9-11-21(12-10-15)19(23)20-13-17-7-4-6-16-5-2-3-8-18(16)17/h2-3,5,8,14-15,17,22H,4,6-7,9-13H2,1H3,(H,20,23). The summed E-state index contributed by atoms with van der Waals surface area (Å²) in [7, 11) is 0. The van der Waals surface area contributed by atoms with Crippen LogP contribution in [0.5, 0.6) is 0 Å². The van der Waals surface area contributed by atoms with Gasteiger partial charge in [-0.05, 0) is 56.1 Å². The Morgan fingerprint density at radius 1 is 1.30 bits per heavy atom. The summed E-state index contributed by atoms with van der Waals surface area (Å²) in [4.78, 5) is 14.3. The van der Waals surface area contributed by atoms with E-state index in [9.17, 15) is 9.90 Å². The van der Waals surface area contributed by atoms with Crippen molar-refractivity contribution in [2.45, 2.75) is 51.0 Å². The fourth-order valence-electron chi connectivity index (χ4n) is 3.97. The van der Waals surface area contributed by atoms with Crippen molar-refractivity contribution in [3.63, 3.8) is 0 Å². The van der Waals surface area contributed by atoms with Gasteiger partial charge in [-0.15, -0.1) is 0 Å². The molecule has 2 aliphatic rings. The predicted octanol–water partition coefficient (Wildman–Crippen LogP) is 2.91. The molecule has 1 saturated heterocycles. The first kappa shape index (κ1) is 16.3. The SMILES string of the molecule is CC(O)C1CCN(C(=O)NCC2CCCc3ccccc32)CC1. The van der Waals surface area contributed by atoms with E-state index >= 15 is 0 Å². The van der Waals surface area contributed by atoms with Gasteiger partial charge in [-0.3, -0.25) is 0 Å². The molecule has 1 fully saturated rings. The van der Waals surface area contributed by atoms with E-state index in [1.807, 2.05) is 11.8 Å². The number of urea groups is 1. The lowest BCUT2D eigenvalue weighted by atomic mass is 9.83. The molecule has 1 aromatic rings. The molecular formula is C19H28N2O2. The summed E-state index contributed by atoms with van der Waals surface area (Å²) in [5.41, 5.74) is 2.85. The summed E-state index contributed by atoms with van der Waals surface area (Å²) < 4.78 is 0. The smallest absolute Gasteiger partial charge is 0.317 e. The lowest BCUT2D eigenvalue weighted by Crippen LogP contribution is -2.46. The molecule has 3 rings (SSSR count). The second kappa shape index (κ2) is 7.35. The van der Waals surface area contributed by atoms with E-state index in [0.29, 0.717) is 11.8 Å². The van der Waals surface area contributed by atoms with E-state index in [-0.39, 0.29) is 12.1 Å². The molecule has 2 unspecified atom stereocenters. The van der Waals surface area contributed by atoms with Gasteiger partial charge in [0.1, 0.15) is 0 Å². The van der Waals surface area contributed by atoms with Crippen molar-refractivity contribution in [2.24, 2.45) is 5.92 Å². The van der Waals surface area contributed by atoms with Gasteiger partial charge in [0.25, 0.3) is 0 Å². The zero-order chi connectivity index (χ0) is 16.2. The summed E-state index contributed by atoms with van der Waals surface area (Å²) in [5, 5.41) is 12.8. The Morgan fingerprint density at radius 2 is 2.04 bits per heavy atom. The van der Waals surface area contributed by atoms with Crippen LogP contribution in [-0.2, 0) is 6.42 Å². The Kier molecular flexibility index (Phi) is 5.21. The van der Waals surface area contributed by atoms with Crippen LogP contribution in [0.3, 0.4) is 0 Å². The van der Waals surface area contributed by atoms with Gasteiger partial charge in [0.05, 0.1) is 6.10 Å². The second-order valence-electron chi connectivity index (χ2n) is 7.04. The number of aryl methyl sites for hydroxylation is 1. The molecule has 2 N–H and O–H groups in total. The van der Waals surface area contributed by atoms with E-state index < -0.39 is 0 Å². The zero-order valence-electron chi connectivity index (χ0n) is 14.0. The van der Waals surface area contributed by atoms with Crippen LogP contribution in [0.15, 0.2) is 24.3 Å². The van der Waals surface area contributed by atoms with Gasteiger partial charge in [-0.1, -0.05) is 24.3 Å². The largest absolute Gasteiger partial charge is 0.393 e. The van der Waals surface area contributed by atoms with Gasteiger partial charge in [-0.2, -0.15) is 0 Å². The molecule has 1 aromatic carbocycles. The maximum absolute atomic E-state index is 12.4. The monoisotopic (exact) mass is 316 g/mol. The summed E-state index contributed by atoms with van der Waals surface area (Å²) in [6.45, 7) is 4.08. The number of benzene rings is 1. The van der Waals surface area contributed by atoms with Gasteiger partial charge < -0.3 is 15.3 Å². The first-order valence-corrected chi connectivity index (χ1v) is 8.94. The van der Waals surface area contributed by atoms with Gasteiger partial charge in [0.15, 0.2) is 0 Å². The van der Waals surface area contributed by atoms with Crippen molar-refractivity contribution in [1.82, 2.24) is 10.2 Å². The minimum atomic E-state index is -0.265. The van der Waals surface area contributed by atoms with Crippen LogP contribution in [0.25, 0.3) is 0 Å². The summed E-state index contributed by atoms with van der Waals surface area (Å²) in [6, 6.07) is 8.67. The summed E-state index contributed by atoms with van der Waals surface area (Å²) >= 11 is 0. The number of carbonyl (C=O) groups is 1. The topological polar surface area (TPSA) is 52.6 Å². The highest BCUT2D eigenvalue weighted by Crippen LogP contribution is 2.31.